The van der Waals surface area contributed by atoms with Gasteiger partial charge in [-0.25, -0.2) is 4.98 Å². The highest BCUT2D eigenvalue weighted by molar-refractivity contribution is 7.94. The second kappa shape index (κ2) is 4.86. The van der Waals surface area contributed by atoms with Crippen LogP contribution in [-0.4, -0.2) is 10.6 Å². The van der Waals surface area contributed by atoms with Crippen molar-refractivity contribution in [2.24, 2.45) is 5.92 Å². The van der Waals surface area contributed by atoms with Crippen LogP contribution in [0.3, 0.4) is 0 Å². The van der Waals surface area contributed by atoms with E-state index in [1.54, 1.807) is 12.3 Å². The highest BCUT2D eigenvalue weighted by Crippen LogP contribution is 2.30. The molecule has 0 saturated heterocycles. The van der Waals surface area contributed by atoms with E-state index < -0.39 is 0 Å². The average molecular weight is 226 g/mol. The summed E-state index contributed by atoms with van der Waals surface area (Å²) in [5, 5.41) is 0. The summed E-state index contributed by atoms with van der Waals surface area (Å²) in [6.45, 7) is 8.44. The Labute approximate surface area is 95.6 Å². The lowest BCUT2D eigenvalue weighted by Crippen LogP contribution is -2.28. The van der Waals surface area contributed by atoms with Gasteiger partial charge in [0.15, 0.2) is 0 Å². The molecule has 0 aromatic carbocycles. The van der Waals surface area contributed by atoms with Gasteiger partial charge in [-0.1, -0.05) is 13.8 Å². The molecule has 0 spiro atoms. The van der Waals surface area contributed by atoms with E-state index in [1.165, 1.54) is 12.0 Å². The predicted octanol–water partition coefficient (Wildman–Crippen LogP) is 3.12. The summed E-state index contributed by atoms with van der Waals surface area (Å²) in [6, 6.07) is 3.69. The molecule has 1 aromatic heterocycles. The van der Waals surface area contributed by atoms with Crippen LogP contribution < -0.4 is 5.73 Å². The number of pyridine rings is 1. The van der Waals surface area contributed by atoms with Crippen molar-refractivity contribution in [2.75, 3.05) is 5.73 Å². The smallest absolute Gasteiger partial charge is 0.124 e. The lowest BCUT2D eigenvalue weighted by molar-refractivity contribution is 0.0850. The number of hydrogen-bond acceptors (Lipinski definition) is 4. The lowest BCUT2D eigenvalue weighted by Gasteiger charge is -2.28. The zero-order valence-corrected chi connectivity index (χ0v) is 10.5. The molecule has 1 aromatic rings. The van der Waals surface area contributed by atoms with E-state index in [-0.39, 0.29) is 5.60 Å². The molecule has 0 fully saturated rings. The number of nitrogens with zero attached hydrogens (tertiary/aromatic N) is 1. The molecule has 0 aliphatic carbocycles. The fourth-order valence-electron chi connectivity index (χ4n) is 0.731. The summed E-state index contributed by atoms with van der Waals surface area (Å²) in [6.07, 6.45) is 1.68. The largest absolute Gasteiger partial charge is 0.384 e. The first kappa shape index (κ1) is 12.3. The summed E-state index contributed by atoms with van der Waals surface area (Å²) >= 11 is 1.35. The zero-order chi connectivity index (χ0) is 11.5. The molecule has 2 N–H and O–H groups in total. The van der Waals surface area contributed by atoms with Crippen molar-refractivity contribution in [3.63, 3.8) is 0 Å². The lowest BCUT2D eigenvalue weighted by atomic mass is 9.95. The molecule has 0 amide bonds. The molecule has 1 heterocycles. The molecule has 0 saturated carbocycles. The number of anilines is 1. The van der Waals surface area contributed by atoms with Crippen molar-refractivity contribution in [3.8, 4) is 0 Å². The van der Waals surface area contributed by atoms with Crippen LogP contribution in [0.2, 0.25) is 0 Å². The van der Waals surface area contributed by atoms with Crippen LogP contribution in [0.25, 0.3) is 0 Å². The topological polar surface area (TPSA) is 48.1 Å². The minimum atomic E-state index is -0.150. The van der Waals surface area contributed by atoms with Gasteiger partial charge in [-0.3, -0.25) is 0 Å². The first-order valence-electron chi connectivity index (χ1n) is 4.99. The normalized spacial score (nSPS) is 12.1. The van der Waals surface area contributed by atoms with Crippen molar-refractivity contribution >= 4 is 17.9 Å². The second-order valence-electron chi connectivity index (χ2n) is 4.34. The molecule has 0 atom stereocenters. The standard InChI is InChI=1S/C11H18N2OS/c1-8(2)11(3,4)14-15-9-5-6-13-10(12)7-9/h5-8H,1-4H3,(H2,12,13). The van der Waals surface area contributed by atoms with Crippen molar-refractivity contribution in [3.05, 3.63) is 18.3 Å². The van der Waals surface area contributed by atoms with Crippen LogP contribution >= 0.6 is 12.0 Å². The number of hydrogen-bond donors (Lipinski definition) is 1. The molecular weight excluding hydrogens is 208 g/mol. The molecule has 4 heteroatoms. The van der Waals surface area contributed by atoms with Gasteiger partial charge in [0.1, 0.15) is 5.82 Å². The van der Waals surface area contributed by atoms with E-state index >= 15 is 0 Å². The van der Waals surface area contributed by atoms with Crippen molar-refractivity contribution in [1.82, 2.24) is 4.98 Å². The molecule has 15 heavy (non-hydrogen) atoms. The van der Waals surface area contributed by atoms with Crippen LogP contribution in [-0.2, 0) is 4.18 Å². The number of nitrogens with two attached hydrogens (primary N) is 1. The Kier molecular flexibility index (Phi) is 3.99. The highest BCUT2D eigenvalue weighted by Gasteiger charge is 2.23. The number of nitrogen functional groups attached to an aromatic ring is 1. The Hall–Kier alpha value is -0.740. The first-order valence-corrected chi connectivity index (χ1v) is 5.73. The fraction of sp³-hybridized carbons (Fsp3) is 0.545. The van der Waals surface area contributed by atoms with Crippen molar-refractivity contribution in [1.29, 1.82) is 0 Å². The Morgan fingerprint density at radius 3 is 2.67 bits per heavy atom. The maximum Gasteiger partial charge on any atom is 0.124 e. The monoisotopic (exact) mass is 226 g/mol. The minimum Gasteiger partial charge on any atom is -0.384 e. The summed E-state index contributed by atoms with van der Waals surface area (Å²) in [5.41, 5.74) is 5.43. The third kappa shape index (κ3) is 3.72. The summed E-state index contributed by atoms with van der Waals surface area (Å²) in [5.74, 6) is 0.982. The van der Waals surface area contributed by atoms with E-state index in [0.717, 1.165) is 4.90 Å². The zero-order valence-electron chi connectivity index (χ0n) is 9.65. The first-order chi connectivity index (χ1) is 6.92. The van der Waals surface area contributed by atoms with E-state index in [1.807, 2.05) is 6.07 Å². The number of rotatable bonds is 4. The van der Waals surface area contributed by atoms with Gasteiger partial charge in [0.25, 0.3) is 0 Å². The summed E-state index contributed by atoms with van der Waals surface area (Å²) in [4.78, 5) is 4.91. The maximum atomic E-state index is 5.77. The molecule has 84 valence electrons. The molecule has 3 nitrogen and oxygen atoms in total. The van der Waals surface area contributed by atoms with Crippen molar-refractivity contribution < 1.29 is 4.18 Å². The van der Waals surface area contributed by atoms with Gasteiger partial charge < -0.3 is 9.92 Å². The Balaban J connectivity index is 2.57. The van der Waals surface area contributed by atoms with Crippen LogP contribution in [0.1, 0.15) is 27.7 Å². The third-order valence-electron chi connectivity index (χ3n) is 2.50. The molecule has 0 aliphatic heterocycles. The summed E-state index contributed by atoms with van der Waals surface area (Å²) in [7, 11) is 0. The van der Waals surface area contributed by atoms with Crippen molar-refractivity contribution in [2.45, 2.75) is 38.2 Å². The molecule has 1 rings (SSSR count). The van der Waals surface area contributed by atoms with E-state index in [2.05, 4.69) is 32.7 Å². The molecule has 0 bridgehead atoms. The van der Waals surface area contributed by atoms with E-state index in [4.69, 9.17) is 9.92 Å². The highest BCUT2D eigenvalue weighted by atomic mass is 32.2. The molecular formula is C11H18N2OS. The third-order valence-corrected chi connectivity index (χ3v) is 3.45. The van der Waals surface area contributed by atoms with Crippen LogP contribution in [0.15, 0.2) is 23.2 Å². The predicted molar refractivity (Wildman–Crippen MR) is 64.5 cm³/mol. The average Bonchev–Trinajstić information content (AvgIpc) is 2.15. The molecule has 0 aliphatic rings. The second-order valence-corrected chi connectivity index (χ2v) is 5.15. The van der Waals surface area contributed by atoms with Crippen LogP contribution in [0.5, 0.6) is 0 Å². The SMILES string of the molecule is CC(C)C(C)(C)OSc1ccnc(N)c1. The van der Waals surface area contributed by atoms with E-state index in [9.17, 15) is 0 Å². The molecule has 0 unspecified atom stereocenters. The Bertz CT molecular complexity index is 326. The van der Waals surface area contributed by atoms with Gasteiger partial charge in [-0.15, -0.1) is 0 Å². The summed E-state index contributed by atoms with van der Waals surface area (Å²) < 4.78 is 5.77. The van der Waals surface area contributed by atoms with Gasteiger partial charge >= 0.3 is 0 Å². The van der Waals surface area contributed by atoms with Gasteiger partial charge in [-0.05, 0) is 31.9 Å². The van der Waals surface area contributed by atoms with Gasteiger partial charge in [-0.2, -0.15) is 0 Å². The van der Waals surface area contributed by atoms with Gasteiger partial charge in [0.05, 0.1) is 5.60 Å². The maximum absolute atomic E-state index is 5.77. The Morgan fingerprint density at radius 2 is 2.13 bits per heavy atom. The quantitative estimate of drug-likeness (QED) is 0.801. The van der Waals surface area contributed by atoms with Gasteiger partial charge in [0, 0.05) is 23.1 Å². The Morgan fingerprint density at radius 1 is 1.47 bits per heavy atom. The minimum absolute atomic E-state index is 0.150. The number of aromatic nitrogens is 1. The van der Waals surface area contributed by atoms with E-state index in [0.29, 0.717) is 11.7 Å². The van der Waals surface area contributed by atoms with Crippen LogP contribution in [0, 0.1) is 5.92 Å². The van der Waals surface area contributed by atoms with Crippen LogP contribution in [0.4, 0.5) is 5.82 Å². The fourth-order valence-corrected chi connectivity index (χ4v) is 1.52. The molecule has 0 radical (unpaired) electrons. The van der Waals surface area contributed by atoms with Gasteiger partial charge in [0.2, 0.25) is 0 Å².